The van der Waals surface area contributed by atoms with Crippen LogP contribution >= 0.6 is 0 Å². The van der Waals surface area contributed by atoms with Crippen molar-refractivity contribution in [2.24, 2.45) is 0 Å². The molecule has 1 aliphatic rings. The number of anilines is 1. The van der Waals surface area contributed by atoms with Gasteiger partial charge in [0.2, 0.25) is 12.1 Å². The van der Waals surface area contributed by atoms with Gasteiger partial charge in [-0.1, -0.05) is 102 Å². The van der Waals surface area contributed by atoms with Crippen LogP contribution in [-0.2, 0) is 6.54 Å². The van der Waals surface area contributed by atoms with E-state index >= 15 is 0 Å². The molecular formula is C28H22N3O+. The molecule has 5 aromatic rings. The van der Waals surface area contributed by atoms with Crippen molar-refractivity contribution < 1.29 is 9.30 Å². The average molecular weight is 417 g/mol. The van der Waals surface area contributed by atoms with Crippen molar-refractivity contribution in [3.05, 3.63) is 126 Å². The Bertz CT molecular complexity index is 1430. The normalized spacial score (nSPS) is 14.4. The van der Waals surface area contributed by atoms with Crippen LogP contribution in [0.5, 0.6) is 11.6 Å². The van der Waals surface area contributed by atoms with E-state index in [0.29, 0.717) is 18.2 Å². The lowest BCUT2D eigenvalue weighted by Crippen LogP contribution is -2.40. The maximum Gasteiger partial charge on any atom is 0.306 e. The standard InChI is InChI=1S/C28H21N3O/c29-27-25-24(21-12-5-2-6-13-21)23-16-15-20-11-7-8-14-22(20)26(23)32-28(25)30-18-31(27)17-19-9-3-1-4-10-19/h1-16,18,24,29H,17H2/p+1/t24-/m0/s1. The Morgan fingerprint density at radius 2 is 1.53 bits per heavy atom. The second-order valence-corrected chi connectivity index (χ2v) is 8.11. The van der Waals surface area contributed by atoms with Crippen molar-refractivity contribution in [3.8, 4) is 11.6 Å². The molecule has 0 bridgehead atoms. The number of rotatable bonds is 3. The quantitative estimate of drug-likeness (QED) is 0.391. The minimum absolute atomic E-state index is 0.0599. The Balaban J connectivity index is 1.57. The molecule has 0 radical (unpaired) electrons. The van der Waals surface area contributed by atoms with Crippen molar-refractivity contribution >= 4 is 16.6 Å². The molecule has 2 N–H and O–H groups in total. The second kappa shape index (κ2) is 7.50. The van der Waals surface area contributed by atoms with Gasteiger partial charge in [-0.2, -0.15) is 0 Å². The molecule has 4 heteroatoms. The van der Waals surface area contributed by atoms with Gasteiger partial charge in [0.1, 0.15) is 11.3 Å². The lowest BCUT2D eigenvalue weighted by atomic mass is 9.82. The van der Waals surface area contributed by atoms with Crippen LogP contribution < -0.4 is 15.0 Å². The molecular weight excluding hydrogens is 394 g/mol. The first-order chi connectivity index (χ1) is 15.8. The molecule has 0 saturated carbocycles. The van der Waals surface area contributed by atoms with Crippen LogP contribution in [0.15, 0.2) is 103 Å². The maximum absolute atomic E-state index is 6.79. The summed E-state index contributed by atoms with van der Waals surface area (Å²) in [6.07, 6.45) is 1.78. The highest BCUT2D eigenvalue weighted by Gasteiger charge is 2.36. The van der Waals surface area contributed by atoms with E-state index < -0.39 is 0 Å². The minimum Gasteiger partial charge on any atom is -0.425 e. The number of hydrogen-bond acceptors (Lipinski definition) is 3. The number of benzene rings is 4. The van der Waals surface area contributed by atoms with Crippen LogP contribution in [0.25, 0.3) is 10.8 Å². The van der Waals surface area contributed by atoms with Gasteiger partial charge in [-0.3, -0.25) is 0 Å². The lowest BCUT2D eigenvalue weighted by molar-refractivity contribution is -0.677. The fourth-order valence-corrected chi connectivity index (χ4v) is 4.62. The summed E-state index contributed by atoms with van der Waals surface area (Å²) < 4.78 is 8.42. The highest BCUT2D eigenvalue weighted by molar-refractivity contribution is 5.91. The summed E-state index contributed by atoms with van der Waals surface area (Å²) in [5.41, 5.74) is 11.1. The lowest BCUT2D eigenvalue weighted by Gasteiger charge is -2.28. The molecule has 4 aromatic carbocycles. The van der Waals surface area contributed by atoms with Gasteiger partial charge in [-0.05, 0) is 16.5 Å². The van der Waals surface area contributed by atoms with Gasteiger partial charge in [0.15, 0.2) is 0 Å². The summed E-state index contributed by atoms with van der Waals surface area (Å²) in [5, 5.41) is 2.22. The van der Waals surface area contributed by atoms with Crippen LogP contribution in [0.3, 0.4) is 0 Å². The molecule has 0 fully saturated rings. The van der Waals surface area contributed by atoms with E-state index in [-0.39, 0.29) is 5.92 Å². The van der Waals surface area contributed by atoms with E-state index in [2.05, 4.69) is 60.7 Å². The van der Waals surface area contributed by atoms with Crippen LogP contribution in [0.4, 0.5) is 5.82 Å². The van der Waals surface area contributed by atoms with Gasteiger partial charge in [-0.15, -0.1) is 0 Å². The Morgan fingerprint density at radius 3 is 2.34 bits per heavy atom. The molecule has 1 aliphatic heterocycles. The first kappa shape index (κ1) is 18.6. The molecule has 1 aromatic heterocycles. The summed E-state index contributed by atoms with van der Waals surface area (Å²) in [5.74, 6) is 2.04. The van der Waals surface area contributed by atoms with Crippen molar-refractivity contribution in [2.45, 2.75) is 12.5 Å². The Labute approximate surface area is 186 Å². The topological polar surface area (TPSA) is 52.0 Å². The Hall–Kier alpha value is -4.18. The molecule has 154 valence electrons. The Kier molecular flexibility index (Phi) is 4.36. The molecule has 6 rings (SSSR count). The molecule has 0 saturated heterocycles. The summed E-state index contributed by atoms with van der Waals surface area (Å²) in [6.45, 7) is 0.652. The highest BCUT2D eigenvalue weighted by Crippen LogP contribution is 2.50. The third-order valence-corrected chi connectivity index (χ3v) is 6.17. The van der Waals surface area contributed by atoms with Crippen LogP contribution in [0.2, 0.25) is 0 Å². The number of fused-ring (bicyclic) bond motifs is 4. The molecule has 0 spiro atoms. The zero-order valence-electron chi connectivity index (χ0n) is 17.5. The van der Waals surface area contributed by atoms with Gasteiger partial charge in [0, 0.05) is 10.9 Å². The molecule has 0 amide bonds. The number of hydrogen-bond donors (Lipinski definition) is 1. The minimum atomic E-state index is -0.0599. The van der Waals surface area contributed by atoms with E-state index in [1.807, 2.05) is 41.0 Å². The predicted octanol–water partition coefficient (Wildman–Crippen LogP) is 5.44. The highest BCUT2D eigenvalue weighted by atomic mass is 16.5. The molecule has 32 heavy (non-hydrogen) atoms. The largest absolute Gasteiger partial charge is 0.425 e. The third-order valence-electron chi connectivity index (χ3n) is 6.17. The number of nitrogen functional groups attached to an aromatic ring is 1. The molecule has 4 nitrogen and oxygen atoms in total. The van der Waals surface area contributed by atoms with Crippen LogP contribution in [-0.4, -0.2) is 4.98 Å². The van der Waals surface area contributed by atoms with Crippen LogP contribution in [0.1, 0.15) is 28.2 Å². The Morgan fingerprint density at radius 1 is 0.812 bits per heavy atom. The number of aromatic nitrogens is 2. The van der Waals surface area contributed by atoms with Crippen LogP contribution in [0, 0.1) is 0 Å². The van der Waals surface area contributed by atoms with E-state index in [4.69, 9.17) is 15.5 Å². The van der Waals surface area contributed by atoms with E-state index in [1.54, 1.807) is 6.33 Å². The van der Waals surface area contributed by atoms with Gasteiger partial charge in [0.25, 0.3) is 0 Å². The fraction of sp³-hybridized carbons (Fsp3) is 0.0714. The smallest absolute Gasteiger partial charge is 0.306 e. The fourth-order valence-electron chi connectivity index (χ4n) is 4.62. The third kappa shape index (κ3) is 3.00. The van der Waals surface area contributed by atoms with Crippen molar-refractivity contribution in [1.29, 1.82) is 0 Å². The number of nitrogens with two attached hydrogens (primary N) is 1. The summed E-state index contributed by atoms with van der Waals surface area (Å²) in [6, 6.07) is 33.3. The SMILES string of the molecule is Nc1c2c(nc[n+]1Cc1ccccc1)Oc1c(ccc3ccccc13)[C@@H]2c1ccccc1. The van der Waals surface area contributed by atoms with Crippen molar-refractivity contribution in [1.82, 2.24) is 4.98 Å². The average Bonchev–Trinajstić information content (AvgIpc) is 2.86. The van der Waals surface area contributed by atoms with Gasteiger partial charge in [0.05, 0.1) is 12.5 Å². The zero-order chi connectivity index (χ0) is 21.5. The zero-order valence-corrected chi connectivity index (χ0v) is 17.5. The van der Waals surface area contributed by atoms with E-state index in [0.717, 1.165) is 27.6 Å². The predicted molar refractivity (Wildman–Crippen MR) is 126 cm³/mol. The molecule has 2 heterocycles. The van der Waals surface area contributed by atoms with E-state index in [9.17, 15) is 0 Å². The first-order valence-corrected chi connectivity index (χ1v) is 10.8. The van der Waals surface area contributed by atoms with Gasteiger partial charge in [-0.25, -0.2) is 4.57 Å². The second-order valence-electron chi connectivity index (χ2n) is 8.11. The van der Waals surface area contributed by atoms with Gasteiger partial charge < -0.3 is 10.5 Å². The molecule has 1 atom stereocenters. The summed E-state index contributed by atoms with van der Waals surface area (Å²) in [4.78, 5) is 4.72. The van der Waals surface area contributed by atoms with Gasteiger partial charge >= 0.3 is 5.88 Å². The molecule has 0 aliphatic carbocycles. The molecule has 0 unspecified atom stereocenters. The number of ether oxygens (including phenoxy) is 1. The maximum atomic E-state index is 6.79. The monoisotopic (exact) mass is 416 g/mol. The summed E-state index contributed by atoms with van der Waals surface area (Å²) >= 11 is 0. The van der Waals surface area contributed by atoms with E-state index in [1.165, 1.54) is 11.1 Å². The summed E-state index contributed by atoms with van der Waals surface area (Å²) in [7, 11) is 0. The van der Waals surface area contributed by atoms with Crippen molar-refractivity contribution in [2.75, 3.05) is 5.73 Å². The number of nitrogens with zero attached hydrogens (tertiary/aromatic N) is 2. The first-order valence-electron chi connectivity index (χ1n) is 10.8. The van der Waals surface area contributed by atoms with Crippen molar-refractivity contribution in [3.63, 3.8) is 0 Å².